The summed E-state index contributed by atoms with van der Waals surface area (Å²) >= 11 is 0. The van der Waals surface area contributed by atoms with Gasteiger partial charge in [-0.2, -0.15) is 0 Å². The van der Waals surface area contributed by atoms with Crippen molar-refractivity contribution in [1.82, 2.24) is 0 Å². The Labute approximate surface area is 134 Å². The molecular weight excluding hydrogens is 282 g/mol. The van der Waals surface area contributed by atoms with Crippen LogP contribution >= 0.6 is 0 Å². The van der Waals surface area contributed by atoms with Crippen molar-refractivity contribution in [1.29, 1.82) is 0 Å². The third-order valence-corrected chi connectivity index (χ3v) is 1.77. The van der Waals surface area contributed by atoms with Crippen molar-refractivity contribution in [3.8, 4) is 0 Å². The fraction of sp³-hybridized carbons (Fsp3) is 0.143. The average molecular weight is 293 g/mol. The molecule has 2 atom stereocenters. The van der Waals surface area contributed by atoms with Gasteiger partial charge < -0.3 is 10.8 Å². The van der Waals surface area contributed by atoms with Crippen LogP contribution in [0.4, 0.5) is 0 Å². The summed E-state index contributed by atoms with van der Waals surface area (Å²) < 4.78 is 0. The maximum absolute atomic E-state index is 9.33. The second-order valence-corrected chi connectivity index (χ2v) is 3.59. The number of rotatable bonds is 2. The molecule has 0 heterocycles. The third kappa shape index (κ3) is 14.4. The van der Waals surface area contributed by atoms with Gasteiger partial charge in [-0.15, -0.1) is 0 Å². The minimum Gasteiger partial charge on any atom is -0.387 e. The molecule has 2 heteroatoms. The molecule has 0 saturated carbocycles. The normalized spacial score (nSPS) is 8.30. The second kappa shape index (κ2) is 14.5. The highest BCUT2D eigenvalue weighted by atomic mass is 16.3. The fourth-order valence-electron chi connectivity index (χ4n) is 0.734. The molecule has 0 aliphatic heterocycles. The smallest absolute Gasteiger partial charge is 0.0949 e. The topological polar surface area (TPSA) is 46.2 Å². The SMILES string of the molecule is C=C=C=C=C=C=C=C=C=C=C=C=C=C=C=C=C=C[C@H](O)[C@H](C)N. The van der Waals surface area contributed by atoms with E-state index in [1.165, 1.54) is 6.08 Å². The van der Waals surface area contributed by atoms with Gasteiger partial charge in [0.05, 0.1) is 6.10 Å². The Hall–Kier alpha value is -3.86. The first-order valence-electron chi connectivity index (χ1n) is 6.23. The highest BCUT2D eigenvalue weighted by Crippen LogP contribution is 1.88. The second-order valence-electron chi connectivity index (χ2n) is 3.59. The van der Waals surface area contributed by atoms with Crippen molar-refractivity contribution < 1.29 is 5.11 Å². The van der Waals surface area contributed by atoms with E-state index in [4.69, 9.17) is 5.73 Å². The van der Waals surface area contributed by atoms with E-state index in [0.717, 1.165) is 0 Å². The van der Waals surface area contributed by atoms with Gasteiger partial charge in [0.15, 0.2) is 0 Å². The highest BCUT2D eigenvalue weighted by Gasteiger charge is 2.02. The maximum Gasteiger partial charge on any atom is 0.0949 e. The van der Waals surface area contributed by atoms with Gasteiger partial charge in [0, 0.05) is 6.04 Å². The minimum absolute atomic E-state index is 0.368. The lowest BCUT2D eigenvalue weighted by Crippen LogP contribution is -2.29. The number of hydrogen-bond acceptors (Lipinski definition) is 2. The van der Waals surface area contributed by atoms with Crippen molar-refractivity contribution in [2.45, 2.75) is 19.1 Å². The number of hydrogen-bond donors (Lipinski definition) is 2. The van der Waals surface area contributed by atoms with Crippen molar-refractivity contribution in [3.05, 3.63) is 104 Å². The van der Waals surface area contributed by atoms with E-state index in [1.54, 1.807) is 6.92 Å². The molecule has 23 heavy (non-hydrogen) atoms. The average Bonchev–Trinajstić information content (AvgIpc) is 2.54. The molecule has 0 radical (unpaired) electrons. The first kappa shape index (κ1) is 19.1. The summed E-state index contributed by atoms with van der Waals surface area (Å²) in [6.07, 6.45) is 0.602. The Balaban J connectivity index is 5.54. The summed E-state index contributed by atoms with van der Waals surface area (Å²) in [4.78, 5) is 0. The van der Waals surface area contributed by atoms with Gasteiger partial charge in [-0.25, -0.2) is 0 Å². The van der Waals surface area contributed by atoms with Crippen molar-refractivity contribution in [3.63, 3.8) is 0 Å². The van der Waals surface area contributed by atoms with Crippen molar-refractivity contribution >= 4 is 0 Å². The molecule has 0 saturated heterocycles. The van der Waals surface area contributed by atoms with Gasteiger partial charge in [-0.1, -0.05) is 11.5 Å². The number of nitrogens with two attached hydrogens (primary N) is 1. The van der Waals surface area contributed by atoms with Crippen LogP contribution in [-0.2, 0) is 0 Å². The van der Waals surface area contributed by atoms with E-state index >= 15 is 0 Å². The lowest BCUT2D eigenvalue weighted by molar-refractivity contribution is 0.198. The van der Waals surface area contributed by atoms with Crippen LogP contribution in [0.25, 0.3) is 0 Å². The fourth-order valence-corrected chi connectivity index (χ4v) is 0.734. The Morgan fingerprint density at radius 2 is 1.09 bits per heavy atom. The summed E-state index contributed by atoms with van der Waals surface area (Å²) in [6.45, 7) is 4.98. The molecule has 0 aliphatic carbocycles. The Morgan fingerprint density at radius 3 is 1.43 bits per heavy atom. The van der Waals surface area contributed by atoms with E-state index in [-0.39, 0.29) is 6.04 Å². The summed E-state index contributed by atoms with van der Waals surface area (Å²) in [5.41, 5.74) is 45.1. The Kier molecular flexibility index (Phi) is 12.1. The molecule has 0 aliphatic rings. The number of aliphatic hydroxyl groups is 1. The molecule has 0 bridgehead atoms. The van der Waals surface area contributed by atoms with Gasteiger partial charge in [-0.05, 0) is 99.8 Å². The molecule has 0 aromatic rings. The lowest BCUT2D eigenvalue weighted by Gasteiger charge is -2.06. The summed E-state index contributed by atoms with van der Waals surface area (Å²) in [5.74, 6) is 0. The van der Waals surface area contributed by atoms with E-state index < -0.39 is 6.10 Å². The van der Waals surface area contributed by atoms with Gasteiger partial charge in [0.25, 0.3) is 0 Å². The monoisotopic (exact) mass is 293 g/mol. The maximum atomic E-state index is 9.33. The largest absolute Gasteiger partial charge is 0.387 e. The predicted molar refractivity (Wildman–Crippen MR) is 86.1 cm³/mol. The molecule has 3 N–H and O–H groups in total. The molecule has 0 aromatic carbocycles. The Bertz CT molecular complexity index is 1030. The van der Waals surface area contributed by atoms with Crippen LogP contribution in [0.5, 0.6) is 0 Å². The zero-order chi connectivity index (χ0) is 17.2. The Morgan fingerprint density at radius 1 is 0.739 bits per heavy atom. The predicted octanol–water partition coefficient (Wildman–Crippen LogP) is 2.36. The van der Waals surface area contributed by atoms with Crippen molar-refractivity contribution in [2.75, 3.05) is 0 Å². The van der Waals surface area contributed by atoms with Crippen molar-refractivity contribution in [2.24, 2.45) is 5.73 Å². The zero-order valence-corrected chi connectivity index (χ0v) is 12.5. The van der Waals surface area contributed by atoms with Crippen LogP contribution in [0.2, 0.25) is 0 Å². The van der Waals surface area contributed by atoms with Crippen LogP contribution in [0.1, 0.15) is 6.92 Å². The first-order valence-corrected chi connectivity index (χ1v) is 6.23. The summed E-state index contributed by atoms with van der Waals surface area (Å²) in [6, 6.07) is -0.368. The summed E-state index contributed by atoms with van der Waals surface area (Å²) in [5, 5.41) is 9.33. The highest BCUT2D eigenvalue weighted by molar-refractivity contribution is 4.95. The molecule has 106 valence electrons. The molecule has 0 rings (SSSR count). The molecule has 0 fully saturated rings. The van der Waals surface area contributed by atoms with Crippen LogP contribution in [0, 0.1) is 0 Å². The van der Waals surface area contributed by atoms with E-state index in [9.17, 15) is 5.11 Å². The van der Waals surface area contributed by atoms with Gasteiger partial charge >= 0.3 is 0 Å². The lowest BCUT2D eigenvalue weighted by atomic mass is 10.2. The first-order chi connectivity index (χ1) is 11.2. The summed E-state index contributed by atoms with van der Waals surface area (Å²) in [7, 11) is 0. The van der Waals surface area contributed by atoms with E-state index in [2.05, 4.69) is 98.3 Å². The van der Waals surface area contributed by atoms with Crippen LogP contribution in [0.3, 0.4) is 0 Å². The molecule has 0 spiro atoms. The van der Waals surface area contributed by atoms with E-state index in [1.807, 2.05) is 0 Å². The molecule has 2 nitrogen and oxygen atoms in total. The van der Waals surface area contributed by atoms with Gasteiger partial charge in [-0.3, -0.25) is 0 Å². The minimum atomic E-state index is -0.773. The van der Waals surface area contributed by atoms with Gasteiger partial charge in [0.1, 0.15) is 0 Å². The van der Waals surface area contributed by atoms with Crippen LogP contribution < -0.4 is 5.73 Å². The van der Waals surface area contributed by atoms with Crippen LogP contribution in [0.15, 0.2) is 104 Å². The molecule has 0 aromatic heterocycles. The molecule has 0 unspecified atom stereocenters. The van der Waals surface area contributed by atoms with Gasteiger partial charge in [0.2, 0.25) is 0 Å². The van der Waals surface area contributed by atoms with E-state index in [0.29, 0.717) is 0 Å². The van der Waals surface area contributed by atoms with Crippen LogP contribution in [-0.4, -0.2) is 17.3 Å². The zero-order valence-electron chi connectivity index (χ0n) is 12.5. The quantitative estimate of drug-likeness (QED) is 0.768. The number of aliphatic hydroxyl groups excluding tert-OH is 1. The standard InChI is InChI=1S/C21H11NO/c1-3-4-5-6-7-8-9-10-11-12-13-14-15-16-17-18-19-21(23)20(2)22/h19-21,23H,1,22H2,2H3/t20-,21-/m0/s1. The molecular formula is C21H11NO. The molecule has 0 amide bonds. The third-order valence-electron chi connectivity index (χ3n) is 1.77.